The lowest BCUT2D eigenvalue weighted by Crippen LogP contribution is -2.46. The van der Waals surface area contributed by atoms with Gasteiger partial charge in [0.1, 0.15) is 23.9 Å². The molecule has 1 N–H and O–H groups in total. The number of rotatable bonds is 5. The Kier molecular flexibility index (Phi) is 6.09. The Balaban J connectivity index is 1.30. The normalized spacial score (nSPS) is 32.2. The van der Waals surface area contributed by atoms with Crippen LogP contribution in [0.15, 0.2) is 36.4 Å². The SMILES string of the molecule is C[C@]12C[C@H](c3ccc(OCCN4CCCC4)cc3)[C@@H]3c4ccc(O)c(Cl)c4CC[C@H]3[C@@H]1CCC2=O. The number of fused-ring (bicyclic) bond motifs is 5. The van der Waals surface area contributed by atoms with Gasteiger partial charge in [0.25, 0.3) is 0 Å². The predicted molar refractivity (Wildman–Crippen MR) is 138 cm³/mol. The van der Waals surface area contributed by atoms with Gasteiger partial charge in [-0.3, -0.25) is 9.69 Å². The summed E-state index contributed by atoms with van der Waals surface area (Å²) in [6.07, 6.45) is 7.11. The first-order chi connectivity index (χ1) is 17.0. The summed E-state index contributed by atoms with van der Waals surface area (Å²) in [5.41, 5.74) is 3.42. The summed E-state index contributed by atoms with van der Waals surface area (Å²) in [7, 11) is 0. The van der Waals surface area contributed by atoms with Crippen LogP contribution in [0.3, 0.4) is 0 Å². The van der Waals surface area contributed by atoms with Crippen LogP contribution in [0.25, 0.3) is 0 Å². The van der Waals surface area contributed by atoms with Crippen LogP contribution < -0.4 is 4.74 Å². The first kappa shape index (κ1) is 23.4. The van der Waals surface area contributed by atoms with Crippen LogP contribution in [-0.4, -0.2) is 42.0 Å². The third-order valence-electron chi connectivity index (χ3n) is 9.72. The number of ketones is 1. The Morgan fingerprint density at radius 1 is 1.09 bits per heavy atom. The number of likely N-dealkylation sites (tertiary alicyclic amines) is 1. The molecule has 0 radical (unpaired) electrons. The van der Waals surface area contributed by atoms with Gasteiger partial charge in [0.05, 0.1) is 5.02 Å². The van der Waals surface area contributed by atoms with Crippen molar-refractivity contribution >= 4 is 17.4 Å². The van der Waals surface area contributed by atoms with Crippen LogP contribution in [0.4, 0.5) is 0 Å². The number of phenols is 1. The second kappa shape index (κ2) is 9.12. The van der Waals surface area contributed by atoms with Crippen molar-refractivity contribution in [1.29, 1.82) is 0 Å². The Labute approximate surface area is 213 Å². The van der Waals surface area contributed by atoms with E-state index in [1.54, 1.807) is 6.07 Å². The third-order valence-corrected chi connectivity index (χ3v) is 10.1. The summed E-state index contributed by atoms with van der Waals surface area (Å²) in [4.78, 5) is 15.6. The number of nitrogens with zero attached hydrogens (tertiary/aromatic N) is 1. The van der Waals surface area contributed by atoms with Crippen molar-refractivity contribution in [1.82, 2.24) is 4.90 Å². The quantitative estimate of drug-likeness (QED) is 0.528. The highest BCUT2D eigenvalue weighted by Gasteiger charge is 2.58. The minimum atomic E-state index is -0.241. The second-order valence-electron chi connectivity index (χ2n) is 11.5. The van der Waals surface area contributed by atoms with Crippen molar-refractivity contribution in [2.75, 3.05) is 26.2 Å². The van der Waals surface area contributed by atoms with Gasteiger partial charge in [-0.05, 0) is 110 Å². The summed E-state index contributed by atoms with van der Waals surface area (Å²) < 4.78 is 6.07. The number of ether oxygens (including phenoxy) is 1. The largest absolute Gasteiger partial charge is 0.506 e. The number of carbonyl (C=O) groups excluding carboxylic acids is 1. The monoisotopic (exact) mass is 493 g/mol. The zero-order valence-corrected chi connectivity index (χ0v) is 21.4. The van der Waals surface area contributed by atoms with Crippen molar-refractivity contribution in [3.8, 4) is 11.5 Å². The molecule has 0 spiro atoms. The average Bonchev–Trinajstić information content (AvgIpc) is 3.49. The molecule has 6 rings (SSSR count). The maximum Gasteiger partial charge on any atom is 0.139 e. The fraction of sp³-hybridized carbons (Fsp3) is 0.567. The Hall–Kier alpha value is -2.04. The molecular formula is C30H36ClNO3. The molecule has 5 atom stereocenters. The molecule has 2 saturated carbocycles. The maximum atomic E-state index is 13.1. The van der Waals surface area contributed by atoms with Crippen LogP contribution in [0.2, 0.25) is 5.02 Å². The van der Waals surface area contributed by atoms with Gasteiger partial charge in [-0.1, -0.05) is 36.7 Å². The zero-order chi connectivity index (χ0) is 24.2. The van der Waals surface area contributed by atoms with Gasteiger partial charge in [-0.25, -0.2) is 0 Å². The molecule has 0 amide bonds. The Bertz CT molecular complexity index is 1110. The van der Waals surface area contributed by atoms with Gasteiger partial charge in [0.2, 0.25) is 0 Å². The van der Waals surface area contributed by atoms with E-state index in [-0.39, 0.29) is 17.1 Å². The lowest BCUT2D eigenvalue weighted by Gasteiger charge is -2.52. The van der Waals surface area contributed by atoms with Crippen LogP contribution in [0.1, 0.15) is 74.0 Å². The smallest absolute Gasteiger partial charge is 0.139 e. The molecule has 2 aromatic carbocycles. The molecular weight excluding hydrogens is 458 g/mol. The molecule has 3 aliphatic carbocycles. The van der Waals surface area contributed by atoms with Gasteiger partial charge in [-0.15, -0.1) is 0 Å². The molecule has 1 saturated heterocycles. The minimum Gasteiger partial charge on any atom is -0.506 e. The van der Waals surface area contributed by atoms with Crippen LogP contribution >= 0.6 is 11.6 Å². The summed E-state index contributed by atoms with van der Waals surface area (Å²) in [6, 6.07) is 12.5. The van der Waals surface area contributed by atoms with E-state index in [2.05, 4.69) is 42.2 Å². The van der Waals surface area contributed by atoms with Crippen molar-refractivity contribution in [3.63, 3.8) is 0 Å². The molecule has 4 aliphatic rings. The maximum absolute atomic E-state index is 13.1. The van der Waals surface area contributed by atoms with Gasteiger partial charge < -0.3 is 9.84 Å². The fourth-order valence-corrected chi connectivity index (χ4v) is 8.21. The highest BCUT2D eigenvalue weighted by atomic mass is 35.5. The van der Waals surface area contributed by atoms with E-state index in [1.165, 1.54) is 37.1 Å². The number of benzene rings is 2. The van der Waals surface area contributed by atoms with Gasteiger partial charge in [-0.2, -0.15) is 0 Å². The van der Waals surface area contributed by atoms with E-state index < -0.39 is 0 Å². The number of halogens is 1. The molecule has 0 bridgehead atoms. The Morgan fingerprint density at radius 2 is 1.86 bits per heavy atom. The molecule has 4 nitrogen and oxygen atoms in total. The summed E-state index contributed by atoms with van der Waals surface area (Å²) in [5, 5.41) is 10.8. The van der Waals surface area contributed by atoms with Crippen LogP contribution in [0.5, 0.6) is 11.5 Å². The van der Waals surface area contributed by atoms with Crippen molar-refractivity contribution in [2.24, 2.45) is 17.3 Å². The number of aromatic hydroxyl groups is 1. The topological polar surface area (TPSA) is 49.8 Å². The highest BCUT2D eigenvalue weighted by Crippen LogP contribution is 2.64. The van der Waals surface area contributed by atoms with E-state index in [1.807, 2.05) is 0 Å². The number of Topliss-reactive ketones (excluding diaryl/α,β-unsaturated/α-hetero) is 1. The van der Waals surface area contributed by atoms with Crippen molar-refractivity contribution in [3.05, 3.63) is 58.1 Å². The first-order valence-electron chi connectivity index (χ1n) is 13.4. The van der Waals surface area contributed by atoms with Gasteiger partial charge >= 0.3 is 0 Å². The van der Waals surface area contributed by atoms with E-state index in [9.17, 15) is 9.90 Å². The summed E-state index contributed by atoms with van der Waals surface area (Å²) >= 11 is 6.59. The third kappa shape index (κ3) is 3.97. The lowest BCUT2D eigenvalue weighted by molar-refractivity contribution is -0.130. The van der Waals surface area contributed by atoms with Gasteiger partial charge in [0.15, 0.2) is 0 Å². The standard InChI is InChI=1S/C30H36ClNO3/c1-30-18-24(19-4-6-20(7-5-19)35-17-16-32-14-2-3-15-32)28-21-10-12-26(33)29(31)22(21)8-9-23(28)25(30)11-13-27(30)34/h4-7,10,12,23-25,28,33H,2-3,8-9,11,13-18H2,1H3/t23-,24+,25-,28+,30-/m0/s1. The summed E-state index contributed by atoms with van der Waals surface area (Å²) in [6.45, 7) is 6.31. The average molecular weight is 494 g/mol. The molecule has 5 heteroatoms. The molecule has 186 valence electrons. The number of hydrogen-bond acceptors (Lipinski definition) is 4. The highest BCUT2D eigenvalue weighted by molar-refractivity contribution is 6.32. The van der Waals surface area contributed by atoms with Gasteiger partial charge in [0, 0.05) is 18.4 Å². The van der Waals surface area contributed by atoms with Crippen molar-refractivity contribution < 1.29 is 14.6 Å². The van der Waals surface area contributed by atoms with Crippen LogP contribution in [0, 0.1) is 17.3 Å². The first-order valence-corrected chi connectivity index (χ1v) is 13.8. The molecule has 1 aliphatic heterocycles. The predicted octanol–water partition coefficient (Wildman–Crippen LogP) is 6.34. The molecule has 0 aromatic heterocycles. The Morgan fingerprint density at radius 3 is 2.63 bits per heavy atom. The van der Waals surface area contributed by atoms with E-state index in [0.717, 1.165) is 50.1 Å². The lowest BCUT2D eigenvalue weighted by atomic mass is 9.51. The molecule has 0 unspecified atom stereocenters. The molecule has 35 heavy (non-hydrogen) atoms. The molecule has 3 fully saturated rings. The number of phenolic OH excluding ortho intramolecular Hbond substituents is 1. The number of hydrogen-bond donors (Lipinski definition) is 1. The molecule has 1 heterocycles. The summed E-state index contributed by atoms with van der Waals surface area (Å²) in [5.74, 6) is 3.01. The van der Waals surface area contributed by atoms with E-state index >= 15 is 0 Å². The molecule has 2 aromatic rings. The minimum absolute atomic E-state index is 0.174. The second-order valence-corrected chi connectivity index (χ2v) is 11.8. The zero-order valence-electron chi connectivity index (χ0n) is 20.6. The van der Waals surface area contributed by atoms with Crippen LogP contribution in [-0.2, 0) is 11.2 Å². The van der Waals surface area contributed by atoms with Crippen molar-refractivity contribution in [2.45, 2.75) is 63.7 Å². The fourth-order valence-electron chi connectivity index (χ4n) is 7.95. The van der Waals surface area contributed by atoms with E-state index in [0.29, 0.717) is 35.0 Å². The van der Waals surface area contributed by atoms with E-state index in [4.69, 9.17) is 16.3 Å². The number of carbonyl (C=O) groups is 1.